The monoisotopic (exact) mass is 412 g/mol. The fourth-order valence-corrected chi connectivity index (χ4v) is 4.02. The molecule has 6 aromatic rings. The van der Waals surface area contributed by atoms with Gasteiger partial charge in [-0.15, -0.1) is 0 Å². The molecule has 1 heterocycles. The van der Waals surface area contributed by atoms with Gasteiger partial charge in [0.1, 0.15) is 5.52 Å². The molecule has 1 N–H and O–H groups in total. The van der Waals surface area contributed by atoms with Crippen molar-refractivity contribution in [3.8, 4) is 22.6 Å². The molecule has 0 aliphatic carbocycles. The summed E-state index contributed by atoms with van der Waals surface area (Å²) in [6.07, 6.45) is 0. The number of hydrogen-bond acceptors (Lipinski definition) is 3. The first-order valence-electron chi connectivity index (χ1n) is 10.6. The predicted molar refractivity (Wildman–Crippen MR) is 132 cm³/mol. The van der Waals surface area contributed by atoms with Crippen molar-refractivity contribution in [3.63, 3.8) is 0 Å². The number of nitrogens with one attached hydrogen (secondary N) is 1. The summed E-state index contributed by atoms with van der Waals surface area (Å²) in [6, 6.07) is 39.4. The molecule has 5 aromatic carbocycles. The van der Waals surface area contributed by atoms with Crippen LogP contribution in [0.5, 0.6) is 0 Å². The summed E-state index contributed by atoms with van der Waals surface area (Å²) < 4.78 is 6.12. The maximum Gasteiger partial charge on any atom is 0.227 e. The number of oxazole rings is 1. The fraction of sp³-hybridized carbons (Fsp3) is 0. The average molecular weight is 412 g/mol. The van der Waals surface area contributed by atoms with Gasteiger partial charge in [-0.1, -0.05) is 72.8 Å². The number of anilines is 2. The average Bonchev–Trinajstić information content (AvgIpc) is 3.30. The molecule has 1 aromatic heterocycles. The molecule has 0 bridgehead atoms. The minimum atomic E-state index is 0.626. The van der Waals surface area contributed by atoms with E-state index < -0.39 is 0 Å². The van der Waals surface area contributed by atoms with E-state index in [2.05, 4.69) is 77.0 Å². The zero-order chi connectivity index (χ0) is 21.3. The highest BCUT2D eigenvalue weighted by Crippen LogP contribution is 2.32. The number of para-hydroxylation sites is 1. The van der Waals surface area contributed by atoms with E-state index in [-0.39, 0.29) is 0 Å². The highest BCUT2D eigenvalue weighted by atomic mass is 16.3. The first kappa shape index (κ1) is 18.4. The van der Waals surface area contributed by atoms with Crippen LogP contribution >= 0.6 is 0 Å². The third kappa shape index (κ3) is 3.40. The number of nitrogens with zero attached hydrogens (tertiary/aromatic N) is 1. The van der Waals surface area contributed by atoms with Crippen molar-refractivity contribution in [2.45, 2.75) is 0 Å². The van der Waals surface area contributed by atoms with Gasteiger partial charge in [-0.2, -0.15) is 0 Å². The predicted octanol–water partition coefficient (Wildman–Crippen LogP) is 8.06. The molecule has 3 heteroatoms. The molecule has 0 saturated carbocycles. The molecule has 152 valence electrons. The molecule has 32 heavy (non-hydrogen) atoms. The summed E-state index contributed by atoms with van der Waals surface area (Å²) in [7, 11) is 0. The van der Waals surface area contributed by atoms with Gasteiger partial charge in [0, 0.05) is 11.3 Å². The van der Waals surface area contributed by atoms with Crippen molar-refractivity contribution < 1.29 is 4.42 Å². The van der Waals surface area contributed by atoms with Crippen LogP contribution in [-0.2, 0) is 0 Å². The molecule has 0 amide bonds. The Morgan fingerprint density at radius 3 is 2.16 bits per heavy atom. The summed E-state index contributed by atoms with van der Waals surface area (Å²) >= 11 is 0. The lowest BCUT2D eigenvalue weighted by molar-refractivity contribution is 0.621. The van der Waals surface area contributed by atoms with Gasteiger partial charge in [0.2, 0.25) is 5.89 Å². The summed E-state index contributed by atoms with van der Waals surface area (Å²) in [5.41, 5.74) is 6.85. The minimum Gasteiger partial charge on any atom is -0.434 e. The topological polar surface area (TPSA) is 38.1 Å². The molecule has 0 fully saturated rings. The first-order valence-corrected chi connectivity index (χ1v) is 10.6. The van der Waals surface area contributed by atoms with Crippen LogP contribution in [0.1, 0.15) is 0 Å². The second kappa shape index (κ2) is 7.71. The lowest BCUT2D eigenvalue weighted by atomic mass is 10.0. The number of rotatable bonds is 4. The lowest BCUT2D eigenvalue weighted by Crippen LogP contribution is -1.90. The largest absolute Gasteiger partial charge is 0.434 e. The Morgan fingerprint density at radius 2 is 1.31 bits per heavy atom. The molecule has 6 rings (SSSR count). The van der Waals surface area contributed by atoms with Crippen molar-refractivity contribution in [3.05, 3.63) is 115 Å². The normalized spacial score (nSPS) is 11.1. The van der Waals surface area contributed by atoms with Crippen LogP contribution in [0.25, 0.3) is 44.5 Å². The Kier molecular flexibility index (Phi) is 4.43. The Hall–Kier alpha value is -4.37. The van der Waals surface area contributed by atoms with Gasteiger partial charge in [-0.25, -0.2) is 4.98 Å². The molecule has 0 aliphatic rings. The van der Waals surface area contributed by atoms with E-state index in [9.17, 15) is 0 Å². The highest BCUT2D eigenvalue weighted by molar-refractivity contribution is 5.90. The standard InChI is InChI=1S/C29H20N2O/c1-2-8-22(9-3-1)29-31-27-12-6-11-26(28(27)32-29)30-25-17-15-21(16-18-25)24-14-13-20-7-4-5-10-23(20)19-24/h1-19,30H. The van der Waals surface area contributed by atoms with Crippen LogP contribution in [0.4, 0.5) is 11.4 Å². The Bertz CT molecular complexity index is 1530. The van der Waals surface area contributed by atoms with Crippen molar-refractivity contribution >= 4 is 33.2 Å². The van der Waals surface area contributed by atoms with Crippen LogP contribution in [0, 0.1) is 0 Å². The van der Waals surface area contributed by atoms with E-state index in [0.717, 1.165) is 28.0 Å². The molecule has 0 spiro atoms. The zero-order valence-corrected chi connectivity index (χ0v) is 17.3. The van der Waals surface area contributed by atoms with E-state index >= 15 is 0 Å². The van der Waals surface area contributed by atoms with Crippen molar-refractivity contribution in [1.82, 2.24) is 4.98 Å². The molecule has 0 aliphatic heterocycles. The molecule has 0 unspecified atom stereocenters. The van der Waals surface area contributed by atoms with E-state index in [4.69, 9.17) is 4.42 Å². The second-order valence-corrected chi connectivity index (χ2v) is 7.80. The van der Waals surface area contributed by atoms with E-state index in [1.165, 1.54) is 21.9 Å². The van der Waals surface area contributed by atoms with E-state index in [1.54, 1.807) is 0 Å². The van der Waals surface area contributed by atoms with E-state index in [0.29, 0.717) is 5.89 Å². The molecular weight excluding hydrogens is 392 g/mol. The lowest BCUT2D eigenvalue weighted by Gasteiger charge is -2.09. The maximum absolute atomic E-state index is 6.12. The van der Waals surface area contributed by atoms with Gasteiger partial charge in [-0.3, -0.25) is 0 Å². The van der Waals surface area contributed by atoms with Gasteiger partial charge in [-0.05, 0) is 64.4 Å². The van der Waals surface area contributed by atoms with Crippen molar-refractivity contribution in [2.75, 3.05) is 5.32 Å². The Morgan fingerprint density at radius 1 is 0.562 bits per heavy atom. The van der Waals surface area contributed by atoms with Crippen molar-refractivity contribution in [2.24, 2.45) is 0 Å². The summed E-state index contributed by atoms with van der Waals surface area (Å²) in [5.74, 6) is 0.626. The van der Waals surface area contributed by atoms with Crippen LogP contribution in [-0.4, -0.2) is 4.98 Å². The van der Waals surface area contributed by atoms with Gasteiger partial charge in [0.25, 0.3) is 0 Å². The quantitative estimate of drug-likeness (QED) is 0.318. The van der Waals surface area contributed by atoms with Gasteiger partial charge in [0.05, 0.1) is 5.69 Å². The number of benzene rings is 5. The first-order chi connectivity index (χ1) is 15.8. The smallest absolute Gasteiger partial charge is 0.227 e. The fourth-order valence-electron chi connectivity index (χ4n) is 4.02. The zero-order valence-electron chi connectivity index (χ0n) is 17.3. The molecule has 0 saturated heterocycles. The Labute approximate surface area is 186 Å². The van der Waals surface area contributed by atoms with Crippen molar-refractivity contribution in [1.29, 1.82) is 0 Å². The molecule has 0 radical (unpaired) electrons. The van der Waals surface area contributed by atoms with Gasteiger partial charge >= 0.3 is 0 Å². The number of hydrogen-bond donors (Lipinski definition) is 1. The second-order valence-electron chi connectivity index (χ2n) is 7.80. The summed E-state index contributed by atoms with van der Waals surface area (Å²) in [5, 5.41) is 5.99. The Balaban J connectivity index is 1.30. The summed E-state index contributed by atoms with van der Waals surface area (Å²) in [4.78, 5) is 4.66. The van der Waals surface area contributed by atoms with Crippen LogP contribution in [0.3, 0.4) is 0 Å². The molecule has 0 atom stereocenters. The highest BCUT2D eigenvalue weighted by Gasteiger charge is 2.11. The van der Waals surface area contributed by atoms with Crippen LogP contribution in [0.2, 0.25) is 0 Å². The summed E-state index contributed by atoms with van der Waals surface area (Å²) in [6.45, 7) is 0. The van der Waals surface area contributed by atoms with Crippen LogP contribution in [0.15, 0.2) is 120 Å². The third-order valence-electron chi connectivity index (χ3n) is 5.68. The number of fused-ring (bicyclic) bond motifs is 2. The number of aromatic nitrogens is 1. The van der Waals surface area contributed by atoms with Gasteiger partial charge in [0.15, 0.2) is 5.58 Å². The SMILES string of the molecule is c1ccc(-c2nc3cccc(Nc4ccc(-c5ccc6ccccc6c5)cc4)c3o2)cc1. The molecule has 3 nitrogen and oxygen atoms in total. The van der Waals surface area contributed by atoms with E-state index in [1.807, 2.05) is 48.5 Å². The third-order valence-corrected chi connectivity index (χ3v) is 5.68. The van der Waals surface area contributed by atoms with Gasteiger partial charge < -0.3 is 9.73 Å². The minimum absolute atomic E-state index is 0.626. The van der Waals surface area contributed by atoms with Crippen LogP contribution < -0.4 is 5.32 Å². The maximum atomic E-state index is 6.12. The molecular formula is C29H20N2O.